The molecule has 0 unspecified atom stereocenters. The first kappa shape index (κ1) is 37.8. The van der Waals surface area contributed by atoms with Crippen LogP contribution in [0.25, 0.3) is 10.9 Å². The molecule has 2 aliphatic heterocycles. The second kappa shape index (κ2) is 16.3. The molecule has 270 valence electrons. The van der Waals surface area contributed by atoms with E-state index in [9.17, 15) is 21.6 Å². The average Bonchev–Trinajstić information content (AvgIpc) is 3.48. The molecule has 3 aromatic carbocycles. The number of nitrogens with two attached hydrogens (primary N) is 1. The van der Waals surface area contributed by atoms with Crippen molar-refractivity contribution in [3.63, 3.8) is 0 Å². The molecule has 2 aliphatic rings. The molecule has 1 fully saturated rings. The van der Waals surface area contributed by atoms with E-state index < -0.39 is 19.9 Å². The van der Waals surface area contributed by atoms with Gasteiger partial charge in [0.2, 0.25) is 15.9 Å². The molecule has 0 atom stereocenters. The zero-order valence-electron chi connectivity index (χ0n) is 29.2. The minimum Gasteiger partial charge on any atom is -0.369 e. The Kier molecular flexibility index (Phi) is 12.3. The lowest BCUT2D eigenvalue weighted by Crippen LogP contribution is -2.39. The fraction of sp³-hybridized carbons (Fsp3) is 0.417. The lowest BCUT2D eigenvalue weighted by molar-refractivity contribution is -0.123. The van der Waals surface area contributed by atoms with Crippen molar-refractivity contribution in [3.05, 3.63) is 78.0 Å². The number of anilines is 2. The van der Waals surface area contributed by atoms with E-state index in [4.69, 9.17) is 5.73 Å². The molecule has 14 heteroatoms. The van der Waals surface area contributed by atoms with Crippen LogP contribution in [0.15, 0.2) is 81.5 Å². The lowest BCUT2D eigenvalue weighted by atomic mass is 9.96. The summed E-state index contributed by atoms with van der Waals surface area (Å²) in [7, 11) is -0.980. The molecule has 4 aromatic rings. The molecule has 11 nitrogen and oxygen atoms in total. The summed E-state index contributed by atoms with van der Waals surface area (Å²) in [5.74, 6) is -0.165. The number of fused-ring (bicyclic) bond motifs is 3. The fourth-order valence-corrected chi connectivity index (χ4v) is 8.81. The number of benzene rings is 3. The number of piperidine rings is 1. The van der Waals surface area contributed by atoms with Crippen molar-refractivity contribution < 1.29 is 21.6 Å². The van der Waals surface area contributed by atoms with E-state index in [0.717, 1.165) is 91.1 Å². The number of hydrogen-bond donors (Lipinski definition) is 3. The van der Waals surface area contributed by atoms with Gasteiger partial charge in [0.1, 0.15) is 0 Å². The van der Waals surface area contributed by atoms with Crippen LogP contribution in [-0.2, 0) is 36.8 Å². The Morgan fingerprint density at radius 1 is 0.980 bits per heavy atom. The number of nitrogens with zero attached hydrogens (tertiary/aromatic N) is 3. The number of sulfonamides is 1. The number of likely N-dealkylation sites (tertiary alicyclic amines) is 1. The normalized spacial score (nSPS) is 15.4. The van der Waals surface area contributed by atoms with Crippen molar-refractivity contribution in [2.24, 2.45) is 11.7 Å². The molecule has 6 rings (SSSR count). The Balaban J connectivity index is 0.000000211. The van der Waals surface area contributed by atoms with Crippen LogP contribution in [0.1, 0.15) is 30.4 Å². The van der Waals surface area contributed by atoms with E-state index in [1.54, 1.807) is 23.9 Å². The third-order valence-electron chi connectivity index (χ3n) is 9.20. The van der Waals surface area contributed by atoms with Crippen LogP contribution >= 0.6 is 11.8 Å². The van der Waals surface area contributed by atoms with Gasteiger partial charge in [-0.2, -0.15) is 0 Å². The molecule has 1 saturated heterocycles. The molecule has 0 spiro atoms. The van der Waals surface area contributed by atoms with Crippen LogP contribution in [0.4, 0.5) is 11.4 Å². The first-order chi connectivity index (χ1) is 23.7. The Hall–Kier alpha value is -3.40. The fourth-order valence-electron chi connectivity index (χ4n) is 6.33. The number of hydrogen-bond acceptors (Lipinski definition) is 9. The van der Waals surface area contributed by atoms with Gasteiger partial charge in [0, 0.05) is 52.2 Å². The van der Waals surface area contributed by atoms with Gasteiger partial charge in [-0.3, -0.25) is 4.79 Å². The summed E-state index contributed by atoms with van der Waals surface area (Å²) in [5.41, 5.74) is 10.6. The highest BCUT2D eigenvalue weighted by atomic mass is 32.2. The number of sulfone groups is 1. The van der Waals surface area contributed by atoms with Gasteiger partial charge in [-0.25, -0.2) is 21.6 Å². The largest absolute Gasteiger partial charge is 0.369 e. The predicted molar refractivity (Wildman–Crippen MR) is 202 cm³/mol. The first-order valence-electron chi connectivity index (χ1n) is 16.8. The van der Waals surface area contributed by atoms with Crippen molar-refractivity contribution in [2.75, 3.05) is 65.0 Å². The number of primary amides is 1. The number of rotatable bonds is 12. The molecular formula is C36H48N6O5S3. The maximum Gasteiger partial charge on any atom is 0.220 e. The molecule has 1 amide bonds. The minimum atomic E-state index is -3.27. The summed E-state index contributed by atoms with van der Waals surface area (Å²) in [6.07, 6.45) is 6.80. The SMILES string of the molecule is CNS(=O)(=O)Cc1ccc2[nH]cc(CCN(C)C)c2c1.CS(=O)(=O)c1ccc2c(c1)N(CCCN1CCC(C(N)=O)CC1)c1ccccc1S2. The Bertz CT molecular complexity index is 2020. The molecule has 4 N–H and O–H groups in total. The van der Waals surface area contributed by atoms with Crippen molar-refractivity contribution in [3.8, 4) is 0 Å². The zero-order valence-corrected chi connectivity index (χ0v) is 31.6. The third kappa shape index (κ3) is 9.68. The maximum absolute atomic E-state index is 12.1. The number of aromatic amines is 1. The van der Waals surface area contributed by atoms with E-state index >= 15 is 0 Å². The van der Waals surface area contributed by atoms with Gasteiger partial charge in [0.05, 0.1) is 22.0 Å². The van der Waals surface area contributed by atoms with Gasteiger partial charge >= 0.3 is 0 Å². The van der Waals surface area contributed by atoms with Crippen LogP contribution in [0.2, 0.25) is 0 Å². The van der Waals surface area contributed by atoms with Crippen LogP contribution in [0, 0.1) is 5.92 Å². The summed E-state index contributed by atoms with van der Waals surface area (Å²) < 4.78 is 49.8. The van der Waals surface area contributed by atoms with Crippen molar-refractivity contribution in [2.45, 2.75) is 46.1 Å². The lowest BCUT2D eigenvalue weighted by Gasteiger charge is -2.35. The van der Waals surface area contributed by atoms with E-state index in [-0.39, 0.29) is 17.6 Å². The van der Waals surface area contributed by atoms with E-state index in [1.165, 1.54) is 23.8 Å². The van der Waals surface area contributed by atoms with E-state index in [2.05, 4.69) is 36.5 Å². The van der Waals surface area contributed by atoms with Gasteiger partial charge in [-0.05, 0) is 120 Å². The Labute approximate surface area is 300 Å². The molecule has 0 saturated carbocycles. The molecular weight excluding hydrogens is 693 g/mol. The van der Waals surface area contributed by atoms with Gasteiger partial charge < -0.3 is 25.4 Å². The predicted octanol–water partition coefficient (Wildman–Crippen LogP) is 4.60. The quantitative estimate of drug-likeness (QED) is 0.190. The third-order valence-corrected chi connectivity index (χ3v) is 12.8. The average molecular weight is 741 g/mol. The van der Waals surface area contributed by atoms with Gasteiger partial charge in [-0.1, -0.05) is 30.0 Å². The number of nitrogens with one attached hydrogen (secondary N) is 2. The zero-order chi connectivity index (χ0) is 36.1. The summed E-state index contributed by atoms with van der Waals surface area (Å²) in [4.78, 5) is 24.0. The van der Waals surface area contributed by atoms with E-state index in [1.807, 2.05) is 56.7 Å². The molecule has 0 aliphatic carbocycles. The number of carbonyl (C=O) groups excluding carboxylic acids is 1. The number of carbonyl (C=O) groups is 1. The smallest absolute Gasteiger partial charge is 0.220 e. The number of likely N-dealkylation sites (N-methyl/N-ethyl adjacent to an activating group) is 1. The molecule has 50 heavy (non-hydrogen) atoms. The number of aromatic nitrogens is 1. The standard InChI is InChI=1S/C22H27N3O3S2.C14H21N3O2S/c1-30(27,28)17-7-8-21-19(15-17)25(18-5-2-3-6-20(18)29-21)12-4-11-24-13-9-16(10-14-24)22(23)26;1-15-20(18,19)10-11-4-5-14-13(8-11)12(9-16-14)6-7-17(2)3/h2-3,5-8,15-16H,4,9-14H2,1H3,(H2,23,26);4-5,8-9,15-16H,6-7,10H2,1-3H3. The highest BCUT2D eigenvalue weighted by molar-refractivity contribution is 7.99. The van der Waals surface area contributed by atoms with Crippen molar-refractivity contribution in [1.82, 2.24) is 19.5 Å². The second-order valence-electron chi connectivity index (χ2n) is 13.2. The summed E-state index contributed by atoms with van der Waals surface area (Å²) >= 11 is 1.68. The molecule has 3 heterocycles. The van der Waals surface area contributed by atoms with Crippen LogP contribution in [-0.4, -0.2) is 97.6 Å². The minimum absolute atomic E-state index is 0.00790. The van der Waals surface area contributed by atoms with Crippen LogP contribution in [0.5, 0.6) is 0 Å². The van der Waals surface area contributed by atoms with Crippen LogP contribution in [0.3, 0.4) is 0 Å². The van der Waals surface area contributed by atoms with Crippen molar-refractivity contribution in [1.29, 1.82) is 0 Å². The van der Waals surface area contributed by atoms with Gasteiger partial charge in [0.15, 0.2) is 9.84 Å². The number of para-hydroxylation sites is 1. The second-order valence-corrected chi connectivity index (χ2v) is 18.2. The molecule has 0 bridgehead atoms. The van der Waals surface area contributed by atoms with Crippen LogP contribution < -0.4 is 15.4 Å². The molecule has 0 radical (unpaired) electrons. The summed E-state index contributed by atoms with van der Waals surface area (Å²) in [6, 6.07) is 19.4. The topological polar surface area (TPSA) is 149 Å². The Morgan fingerprint density at radius 2 is 1.70 bits per heavy atom. The number of H-pyrrole nitrogens is 1. The summed E-state index contributed by atoms with van der Waals surface area (Å²) in [6.45, 7) is 4.50. The van der Waals surface area contributed by atoms with Gasteiger partial charge in [-0.15, -0.1) is 0 Å². The van der Waals surface area contributed by atoms with E-state index in [0.29, 0.717) is 4.90 Å². The number of amides is 1. The highest BCUT2D eigenvalue weighted by Crippen LogP contribution is 2.48. The monoisotopic (exact) mass is 740 g/mol. The summed E-state index contributed by atoms with van der Waals surface area (Å²) in [5, 5.41) is 1.11. The Morgan fingerprint density at radius 3 is 2.38 bits per heavy atom. The van der Waals surface area contributed by atoms with Crippen molar-refractivity contribution >= 4 is 59.8 Å². The first-order valence-corrected chi connectivity index (χ1v) is 21.1. The maximum atomic E-state index is 12.1. The highest BCUT2D eigenvalue weighted by Gasteiger charge is 2.26. The van der Waals surface area contributed by atoms with Gasteiger partial charge in [0.25, 0.3) is 0 Å². The molecule has 1 aromatic heterocycles.